The molecule has 2 heterocycles. The lowest BCUT2D eigenvalue weighted by atomic mass is 9.91. The summed E-state index contributed by atoms with van der Waals surface area (Å²) < 4.78 is 27.8. The quantitative estimate of drug-likeness (QED) is 0.911. The first-order chi connectivity index (χ1) is 8.97. The van der Waals surface area contributed by atoms with Gasteiger partial charge in [0.25, 0.3) is 0 Å². The first-order valence-corrected chi connectivity index (χ1v) is 8.52. The molecule has 104 valence electrons. The number of ether oxygens (including phenoxy) is 1. The van der Waals surface area contributed by atoms with E-state index in [4.69, 9.17) is 4.74 Å². The van der Waals surface area contributed by atoms with E-state index in [2.05, 4.69) is 24.4 Å². The van der Waals surface area contributed by atoms with Gasteiger partial charge in [0.2, 0.25) is 0 Å². The van der Waals surface area contributed by atoms with Gasteiger partial charge in [0.05, 0.1) is 11.5 Å². The third-order valence-electron chi connectivity index (χ3n) is 4.04. The van der Waals surface area contributed by atoms with Crippen LogP contribution in [0.4, 0.5) is 0 Å². The molecule has 2 aliphatic heterocycles. The topological polar surface area (TPSA) is 55.4 Å². The van der Waals surface area contributed by atoms with E-state index in [0.717, 1.165) is 18.7 Å². The first kappa shape index (κ1) is 12.9. The third-order valence-corrected chi connectivity index (χ3v) is 5.80. The molecular weight excluding hydrogens is 262 g/mol. The molecule has 19 heavy (non-hydrogen) atoms. The van der Waals surface area contributed by atoms with Gasteiger partial charge in [-0.25, -0.2) is 8.42 Å². The summed E-state index contributed by atoms with van der Waals surface area (Å²) >= 11 is 0. The van der Waals surface area contributed by atoms with Crippen LogP contribution in [0.15, 0.2) is 24.3 Å². The molecule has 1 atom stereocenters. The highest BCUT2D eigenvalue weighted by Crippen LogP contribution is 2.31. The lowest BCUT2D eigenvalue weighted by Gasteiger charge is -2.28. The molecule has 2 saturated heterocycles. The van der Waals surface area contributed by atoms with Gasteiger partial charge in [-0.3, -0.25) is 0 Å². The minimum absolute atomic E-state index is 0.0678. The normalized spacial score (nSPS) is 29.9. The number of rotatable bonds is 3. The number of hydrogen-bond acceptors (Lipinski definition) is 4. The molecule has 1 N–H and O–H groups in total. The summed E-state index contributed by atoms with van der Waals surface area (Å²) in [6.07, 6.45) is 2.18. The Morgan fingerprint density at radius 2 is 1.95 bits per heavy atom. The molecule has 2 fully saturated rings. The molecule has 0 aromatic heterocycles. The molecule has 0 radical (unpaired) electrons. The Bertz CT molecular complexity index is 547. The lowest BCUT2D eigenvalue weighted by molar-refractivity contribution is 0.230. The molecule has 5 heteroatoms. The molecule has 0 saturated carbocycles. The molecule has 4 nitrogen and oxygen atoms in total. The highest BCUT2D eigenvalue weighted by atomic mass is 32.2. The Balaban J connectivity index is 1.66. The van der Waals surface area contributed by atoms with E-state index in [0.29, 0.717) is 0 Å². The standard InChI is InChI=1S/C14H19NO3S/c1-14(7-2-8-15-14)11-3-5-12(6-4-11)18-13-9-19(16,17)10-13/h3-6,13,15H,2,7-10H2,1H3. The summed E-state index contributed by atoms with van der Waals surface area (Å²) in [4.78, 5) is 0. The van der Waals surface area contributed by atoms with E-state index in [-0.39, 0.29) is 23.1 Å². The van der Waals surface area contributed by atoms with Crippen LogP contribution in [0.25, 0.3) is 0 Å². The molecule has 0 aliphatic carbocycles. The second-order valence-electron chi connectivity index (χ2n) is 5.70. The van der Waals surface area contributed by atoms with Crippen molar-refractivity contribution in [1.29, 1.82) is 0 Å². The molecule has 0 amide bonds. The minimum atomic E-state index is -2.82. The van der Waals surface area contributed by atoms with Crippen molar-refractivity contribution in [3.8, 4) is 5.75 Å². The van der Waals surface area contributed by atoms with Crippen LogP contribution in [0.3, 0.4) is 0 Å². The summed E-state index contributed by atoms with van der Waals surface area (Å²) in [5, 5.41) is 3.52. The van der Waals surface area contributed by atoms with Crippen molar-refractivity contribution in [2.45, 2.75) is 31.4 Å². The van der Waals surface area contributed by atoms with E-state index in [1.54, 1.807) is 0 Å². The van der Waals surface area contributed by atoms with Gasteiger partial charge in [0.1, 0.15) is 11.9 Å². The predicted octanol–water partition coefficient (Wildman–Crippen LogP) is 1.46. The predicted molar refractivity (Wildman–Crippen MR) is 74.1 cm³/mol. The zero-order valence-electron chi connectivity index (χ0n) is 11.1. The van der Waals surface area contributed by atoms with Crippen LogP contribution in [0.2, 0.25) is 0 Å². The monoisotopic (exact) mass is 281 g/mol. The second-order valence-corrected chi connectivity index (χ2v) is 7.86. The smallest absolute Gasteiger partial charge is 0.157 e. The molecule has 0 spiro atoms. The van der Waals surface area contributed by atoms with E-state index in [9.17, 15) is 8.42 Å². The van der Waals surface area contributed by atoms with E-state index in [1.165, 1.54) is 12.0 Å². The fraction of sp³-hybridized carbons (Fsp3) is 0.571. The summed E-state index contributed by atoms with van der Waals surface area (Å²) in [6, 6.07) is 8.01. The Kier molecular flexibility index (Phi) is 3.06. The van der Waals surface area contributed by atoms with Crippen molar-refractivity contribution in [3.63, 3.8) is 0 Å². The van der Waals surface area contributed by atoms with Crippen molar-refractivity contribution < 1.29 is 13.2 Å². The van der Waals surface area contributed by atoms with Gasteiger partial charge in [0, 0.05) is 5.54 Å². The Hall–Kier alpha value is -1.07. The van der Waals surface area contributed by atoms with Crippen LogP contribution in [-0.2, 0) is 15.4 Å². The van der Waals surface area contributed by atoms with Gasteiger partial charge in [-0.1, -0.05) is 12.1 Å². The van der Waals surface area contributed by atoms with Gasteiger partial charge in [0.15, 0.2) is 9.84 Å². The number of benzene rings is 1. The third kappa shape index (κ3) is 2.62. The molecular formula is C14H19NO3S. The Morgan fingerprint density at radius 1 is 1.26 bits per heavy atom. The van der Waals surface area contributed by atoms with Gasteiger partial charge in [-0.05, 0) is 44.0 Å². The van der Waals surface area contributed by atoms with E-state index in [1.807, 2.05) is 12.1 Å². The Labute approximate surface area is 114 Å². The van der Waals surface area contributed by atoms with E-state index < -0.39 is 9.84 Å². The van der Waals surface area contributed by atoms with Crippen LogP contribution >= 0.6 is 0 Å². The van der Waals surface area contributed by atoms with Gasteiger partial charge in [-0.2, -0.15) is 0 Å². The van der Waals surface area contributed by atoms with Crippen LogP contribution < -0.4 is 10.1 Å². The summed E-state index contributed by atoms with van der Waals surface area (Å²) in [6.45, 7) is 3.28. The van der Waals surface area contributed by atoms with Crippen molar-refractivity contribution in [2.24, 2.45) is 0 Å². The number of sulfone groups is 1. The SMILES string of the molecule is CC1(c2ccc(OC3CS(=O)(=O)C3)cc2)CCCN1. The molecule has 1 unspecified atom stereocenters. The summed E-state index contributed by atoms with van der Waals surface area (Å²) in [5.74, 6) is 1.05. The maximum Gasteiger partial charge on any atom is 0.157 e. The van der Waals surface area contributed by atoms with Crippen molar-refractivity contribution >= 4 is 9.84 Å². The fourth-order valence-electron chi connectivity index (χ4n) is 2.82. The maximum absolute atomic E-state index is 11.1. The Morgan fingerprint density at radius 3 is 2.47 bits per heavy atom. The fourth-order valence-corrected chi connectivity index (χ4v) is 3.99. The zero-order valence-corrected chi connectivity index (χ0v) is 11.9. The van der Waals surface area contributed by atoms with Crippen LogP contribution in [-0.4, -0.2) is 32.6 Å². The maximum atomic E-state index is 11.1. The van der Waals surface area contributed by atoms with Crippen LogP contribution in [0.1, 0.15) is 25.3 Å². The molecule has 2 aliphatic rings. The molecule has 0 bridgehead atoms. The first-order valence-electron chi connectivity index (χ1n) is 6.70. The molecule has 1 aromatic rings. The molecule has 1 aromatic carbocycles. The second kappa shape index (κ2) is 4.49. The average Bonchev–Trinajstić information content (AvgIpc) is 2.76. The summed E-state index contributed by atoms with van der Waals surface area (Å²) in [5.41, 5.74) is 1.33. The van der Waals surface area contributed by atoms with Crippen molar-refractivity contribution in [2.75, 3.05) is 18.1 Å². The number of hydrogen-bond donors (Lipinski definition) is 1. The van der Waals surface area contributed by atoms with Crippen molar-refractivity contribution in [1.82, 2.24) is 5.32 Å². The largest absolute Gasteiger partial charge is 0.488 e. The average molecular weight is 281 g/mol. The lowest BCUT2D eigenvalue weighted by Crippen LogP contribution is -2.45. The van der Waals surface area contributed by atoms with Gasteiger partial charge >= 0.3 is 0 Å². The highest BCUT2D eigenvalue weighted by Gasteiger charge is 2.35. The zero-order chi connectivity index (χ0) is 13.5. The van der Waals surface area contributed by atoms with Gasteiger partial charge in [-0.15, -0.1) is 0 Å². The van der Waals surface area contributed by atoms with E-state index >= 15 is 0 Å². The van der Waals surface area contributed by atoms with Gasteiger partial charge < -0.3 is 10.1 Å². The van der Waals surface area contributed by atoms with Crippen molar-refractivity contribution in [3.05, 3.63) is 29.8 Å². The summed E-state index contributed by atoms with van der Waals surface area (Å²) in [7, 11) is -2.82. The number of nitrogens with one attached hydrogen (secondary N) is 1. The highest BCUT2D eigenvalue weighted by molar-refractivity contribution is 7.92. The molecule has 3 rings (SSSR count). The van der Waals surface area contributed by atoms with Crippen LogP contribution in [0, 0.1) is 0 Å². The van der Waals surface area contributed by atoms with Crippen LogP contribution in [0.5, 0.6) is 5.75 Å². The minimum Gasteiger partial charge on any atom is -0.488 e.